The lowest BCUT2D eigenvalue weighted by atomic mass is 9.90. The van der Waals surface area contributed by atoms with Crippen molar-refractivity contribution in [2.45, 2.75) is 63.5 Å². The molecule has 1 aromatic rings. The van der Waals surface area contributed by atoms with Gasteiger partial charge in [-0.15, -0.1) is 0 Å². The van der Waals surface area contributed by atoms with E-state index >= 15 is 0 Å². The minimum atomic E-state index is -5.20. The van der Waals surface area contributed by atoms with Crippen LogP contribution in [0.15, 0.2) is 18.2 Å². The summed E-state index contributed by atoms with van der Waals surface area (Å²) in [7, 11) is 0. The minimum Gasteiger partial charge on any atom is -0.391 e. The van der Waals surface area contributed by atoms with E-state index in [0.717, 1.165) is 25.3 Å². The van der Waals surface area contributed by atoms with Gasteiger partial charge in [-0.05, 0) is 56.2 Å². The fraction of sp³-hybridized carbons (Fsp3) is 0.667. The summed E-state index contributed by atoms with van der Waals surface area (Å²) in [6, 6.07) is 0.921. The van der Waals surface area contributed by atoms with E-state index in [1.165, 1.54) is 16.7 Å². The number of carbonyl (C=O) groups excluding carboxylic acids is 2. The van der Waals surface area contributed by atoms with Gasteiger partial charge in [0.2, 0.25) is 11.8 Å². The third-order valence-corrected chi connectivity index (χ3v) is 7.74. The van der Waals surface area contributed by atoms with E-state index in [-0.39, 0.29) is 49.0 Å². The normalized spacial score (nSPS) is 24.4. The zero-order valence-electron chi connectivity index (χ0n) is 19.8. The Morgan fingerprint density at radius 3 is 2.28 bits per heavy atom. The van der Waals surface area contributed by atoms with Gasteiger partial charge in [-0.25, -0.2) is 0 Å². The molecule has 200 valence electrons. The summed E-state index contributed by atoms with van der Waals surface area (Å²) in [5, 5.41) is 10.3. The van der Waals surface area contributed by atoms with E-state index in [4.69, 9.17) is 0 Å². The largest absolute Gasteiger partial charge is 0.417 e. The lowest BCUT2D eigenvalue weighted by Gasteiger charge is -2.41. The smallest absolute Gasteiger partial charge is 0.391 e. The number of aliphatic hydroxyl groups is 1. The first-order valence-electron chi connectivity index (χ1n) is 12.0. The van der Waals surface area contributed by atoms with Gasteiger partial charge in [-0.1, -0.05) is 0 Å². The molecule has 0 bridgehead atoms. The van der Waals surface area contributed by atoms with Crippen LogP contribution in [-0.4, -0.2) is 71.6 Å². The van der Waals surface area contributed by atoms with Crippen molar-refractivity contribution >= 4 is 17.5 Å². The third kappa shape index (κ3) is 5.28. The van der Waals surface area contributed by atoms with Gasteiger partial charge in [0.1, 0.15) is 6.04 Å². The average molecular weight is 522 g/mol. The zero-order valence-corrected chi connectivity index (χ0v) is 19.8. The molecule has 3 fully saturated rings. The van der Waals surface area contributed by atoms with E-state index in [1.807, 2.05) is 0 Å². The Kier molecular flexibility index (Phi) is 6.95. The molecule has 3 aliphatic rings. The maximum absolute atomic E-state index is 13.3. The highest BCUT2D eigenvalue weighted by Gasteiger charge is 2.51. The number of β-amino-alcohol motifs (C(OH)–C–C–N with tert-alkyl or cyclic N) is 1. The number of anilines is 1. The molecule has 4 rings (SSSR count). The number of carbonyl (C=O) groups is 2. The number of rotatable bonds is 5. The first kappa shape index (κ1) is 26.6. The summed E-state index contributed by atoms with van der Waals surface area (Å²) in [4.78, 5) is 29.9. The number of halogens is 6. The summed E-state index contributed by atoms with van der Waals surface area (Å²) in [5.41, 5.74) is -3.67. The van der Waals surface area contributed by atoms with E-state index in [9.17, 15) is 41.0 Å². The van der Waals surface area contributed by atoms with Crippen LogP contribution in [-0.2, 0) is 21.9 Å². The van der Waals surface area contributed by atoms with Crippen molar-refractivity contribution in [1.82, 2.24) is 9.80 Å². The third-order valence-electron chi connectivity index (χ3n) is 7.74. The van der Waals surface area contributed by atoms with Crippen LogP contribution in [0, 0.1) is 5.41 Å². The minimum absolute atomic E-state index is 0.00700. The molecule has 2 heterocycles. The predicted molar refractivity (Wildman–Crippen MR) is 118 cm³/mol. The standard InChI is InChI=1S/C24H29F6N3O3/c1-15-21(36)31(9-2-3-20(35)32-10-8-22(6-7-22)19(34)14-32)11-12-33(15)16-4-5-17(23(25,26)27)18(13-16)24(28,29)30/h4-5,13,15,19,34H,2-3,6-12,14H2,1H3/t15-,19+/m0/s1. The Hall–Kier alpha value is -2.50. The molecule has 0 aromatic heterocycles. The molecule has 0 unspecified atom stereocenters. The lowest BCUT2D eigenvalue weighted by molar-refractivity contribution is -0.162. The number of likely N-dealkylation sites (tertiary alicyclic amines) is 1. The highest BCUT2D eigenvalue weighted by molar-refractivity contribution is 5.86. The van der Waals surface area contributed by atoms with Crippen molar-refractivity contribution in [3.63, 3.8) is 0 Å². The Bertz CT molecular complexity index is 1010. The second-order valence-corrected chi connectivity index (χ2v) is 9.99. The number of amides is 2. The Morgan fingerprint density at radius 1 is 1.03 bits per heavy atom. The molecule has 1 spiro atoms. The molecular formula is C24H29F6N3O3. The molecule has 2 atom stereocenters. The highest BCUT2D eigenvalue weighted by atomic mass is 19.4. The Balaban J connectivity index is 1.34. The monoisotopic (exact) mass is 521 g/mol. The highest BCUT2D eigenvalue weighted by Crippen LogP contribution is 2.53. The summed E-state index contributed by atoms with van der Waals surface area (Å²) in [5.74, 6) is -0.459. The topological polar surface area (TPSA) is 64.1 Å². The fourth-order valence-corrected chi connectivity index (χ4v) is 5.26. The lowest BCUT2D eigenvalue weighted by Crippen LogP contribution is -2.56. The summed E-state index contributed by atoms with van der Waals surface area (Å²) in [6.07, 6.45) is -7.49. The number of hydrogen-bond acceptors (Lipinski definition) is 4. The van der Waals surface area contributed by atoms with Gasteiger partial charge < -0.3 is 19.8 Å². The second kappa shape index (κ2) is 9.42. The Labute approximate surface area is 204 Å². The van der Waals surface area contributed by atoms with Gasteiger partial charge in [0, 0.05) is 44.8 Å². The van der Waals surface area contributed by atoms with Crippen LogP contribution < -0.4 is 4.90 Å². The molecule has 6 nitrogen and oxygen atoms in total. The van der Waals surface area contributed by atoms with Crippen molar-refractivity contribution in [3.05, 3.63) is 29.3 Å². The molecule has 1 saturated carbocycles. The molecule has 0 radical (unpaired) electrons. The van der Waals surface area contributed by atoms with Gasteiger partial charge in [-0.3, -0.25) is 9.59 Å². The number of piperidine rings is 1. The molecular weight excluding hydrogens is 492 g/mol. The molecule has 1 aromatic carbocycles. The molecule has 1 N–H and O–H groups in total. The number of aliphatic hydroxyl groups excluding tert-OH is 1. The quantitative estimate of drug-likeness (QED) is 0.597. The number of benzene rings is 1. The van der Waals surface area contributed by atoms with Gasteiger partial charge >= 0.3 is 12.4 Å². The first-order valence-corrected chi connectivity index (χ1v) is 12.0. The maximum Gasteiger partial charge on any atom is 0.417 e. The van der Waals surface area contributed by atoms with Crippen LogP contribution in [0.2, 0.25) is 0 Å². The van der Waals surface area contributed by atoms with Crippen LogP contribution in [0.1, 0.15) is 50.2 Å². The summed E-state index contributed by atoms with van der Waals surface area (Å²) < 4.78 is 79.2. The first-order chi connectivity index (χ1) is 16.7. The van der Waals surface area contributed by atoms with Crippen molar-refractivity contribution in [2.24, 2.45) is 5.41 Å². The van der Waals surface area contributed by atoms with E-state index in [2.05, 4.69) is 0 Å². The summed E-state index contributed by atoms with van der Waals surface area (Å²) >= 11 is 0. The van der Waals surface area contributed by atoms with Crippen LogP contribution in [0.25, 0.3) is 0 Å². The number of nitrogens with zero attached hydrogens (tertiary/aromatic N) is 3. The van der Waals surface area contributed by atoms with Crippen LogP contribution in [0.4, 0.5) is 32.0 Å². The van der Waals surface area contributed by atoms with Crippen molar-refractivity contribution < 1.29 is 41.0 Å². The zero-order chi connectivity index (χ0) is 26.5. The number of piperazine rings is 1. The SMILES string of the molecule is C[C@H]1C(=O)N(CCCC(=O)N2CCC3(CC3)[C@H](O)C2)CCN1c1ccc(C(F)(F)F)c(C(F)(F)F)c1. The van der Waals surface area contributed by atoms with E-state index in [0.29, 0.717) is 31.6 Å². The number of alkyl halides is 6. The van der Waals surface area contributed by atoms with E-state index in [1.54, 1.807) is 4.90 Å². The fourth-order valence-electron chi connectivity index (χ4n) is 5.26. The van der Waals surface area contributed by atoms with Crippen molar-refractivity contribution in [2.75, 3.05) is 37.6 Å². The molecule has 2 aliphatic heterocycles. The van der Waals surface area contributed by atoms with E-state index < -0.39 is 35.6 Å². The van der Waals surface area contributed by atoms with Gasteiger partial charge in [0.15, 0.2) is 0 Å². The van der Waals surface area contributed by atoms with Gasteiger partial charge in [0.05, 0.1) is 17.2 Å². The molecule has 2 saturated heterocycles. The van der Waals surface area contributed by atoms with Crippen molar-refractivity contribution in [3.8, 4) is 0 Å². The van der Waals surface area contributed by atoms with Crippen molar-refractivity contribution in [1.29, 1.82) is 0 Å². The summed E-state index contributed by atoms with van der Waals surface area (Å²) in [6.45, 7) is 3.02. The van der Waals surface area contributed by atoms with Gasteiger partial charge in [0.25, 0.3) is 0 Å². The molecule has 12 heteroatoms. The maximum atomic E-state index is 13.3. The number of hydrogen-bond donors (Lipinski definition) is 1. The van der Waals surface area contributed by atoms with Crippen LogP contribution in [0.3, 0.4) is 0 Å². The second-order valence-electron chi connectivity index (χ2n) is 9.99. The Morgan fingerprint density at radius 2 is 1.69 bits per heavy atom. The molecule has 2 amide bonds. The molecule has 36 heavy (non-hydrogen) atoms. The van der Waals surface area contributed by atoms with Crippen LogP contribution in [0.5, 0.6) is 0 Å². The predicted octanol–water partition coefficient (Wildman–Crippen LogP) is 3.91. The van der Waals surface area contributed by atoms with Gasteiger partial charge in [-0.2, -0.15) is 26.3 Å². The molecule has 1 aliphatic carbocycles. The van der Waals surface area contributed by atoms with Crippen LogP contribution >= 0.6 is 0 Å². The average Bonchev–Trinajstić information content (AvgIpc) is 3.57.